The summed E-state index contributed by atoms with van der Waals surface area (Å²) in [5.74, 6) is 0.921. The fourth-order valence-electron chi connectivity index (χ4n) is 2.17. The Bertz CT molecular complexity index is 783. The third-order valence-electron chi connectivity index (χ3n) is 3.15. The Morgan fingerprint density at radius 1 is 1.10 bits per heavy atom. The van der Waals surface area contributed by atoms with Crippen molar-refractivity contribution >= 4 is 45.8 Å². The van der Waals surface area contributed by atoms with Crippen molar-refractivity contribution in [1.29, 1.82) is 0 Å². The summed E-state index contributed by atoms with van der Waals surface area (Å²) >= 11 is 14.6. The largest absolute Gasteiger partial charge is 0.327 e. The van der Waals surface area contributed by atoms with Crippen LogP contribution in [0.15, 0.2) is 54.9 Å². The predicted octanol–water partition coefficient (Wildman–Crippen LogP) is 5.51. The van der Waals surface area contributed by atoms with E-state index in [2.05, 4.69) is 50.3 Å². The molecule has 0 bridgehead atoms. The van der Waals surface area contributed by atoms with Crippen molar-refractivity contribution in [3.8, 4) is 11.4 Å². The second-order valence-corrected chi connectivity index (χ2v) is 6.71. The molecular formula is C16H11Cl2IN2. The van der Waals surface area contributed by atoms with Gasteiger partial charge in [-0.15, -0.1) is 0 Å². The van der Waals surface area contributed by atoms with Crippen molar-refractivity contribution in [2.45, 2.75) is 6.54 Å². The molecule has 0 atom stereocenters. The summed E-state index contributed by atoms with van der Waals surface area (Å²) in [7, 11) is 0. The summed E-state index contributed by atoms with van der Waals surface area (Å²) in [6.45, 7) is 0.639. The number of hydrogen-bond acceptors (Lipinski definition) is 1. The van der Waals surface area contributed by atoms with Crippen molar-refractivity contribution < 1.29 is 0 Å². The summed E-state index contributed by atoms with van der Waals surface area (Å²) in [6.07, 6.45) is 3.75. The van der Waals surface area contributed by atoms with Crippen LogP contribution >= 0.6 is 45.8 Å². The summed E-state index contributed by atoms with van der Waals surface area (Å²) in [5, 5.41) is 1.40. The molecule has 3 aromatic rings. The lowest BCUT2D eigenvalue weighted by Gasteiger charge is -2.10. The molecule has 0 amide bonds. The molecule has 0 spiro atoms. The zero-order valence-electron chi connectivity index (χ0n) is 10.9. The number of hydrogen-bond donors (Lipinski definition) is 0. The molecule has 1 heterocycles. The molecule has 0 aliphatic carbocycles. The van der Waals surface area contributed by atoms with Gasteiger partial charge in [0.1, 0.15) is 5.82 Å². The Morgan fingerprint density at radius 3 is 2.76 bits per heavy atom. The smallest absolute Gasteiger partial charge is 0.140 e. The van der Waals surface area contributed by atoms with Crippen molar-refractivity contribution in [1.82, 2.24) is 9.55 Å². The van der Waals surface area contributed by atoms with Gasteiger partial charge < -0.3 is 4.57 Å². The Balaban J connectivity index is 1.98. The van der Waals surface area contributed by atoms with Gasteiger partial charge >= 0.3 is 0 Å². The van der Waals surface area contributed by atoms with Crippen LogP contribution in [0, 0.1) is 3.57 Å². The SMILES string of the molecule is Clc1ccc(Cl)c(Cn2ccnc2-c2cccc(I)c2)c1. The lowest BCUT2D eigenvalue weighted by molar-refractivity contribution is 0.807. The van der Waals surface area contributed by atoms with Gasteiger partial charge in [-0.1, -0.05) is 35.3 Å². The van der Waals surface area contributed by atoms with Crippen LogP contribution in [0.4, 0.5) is 0 Å². The third-order valence-corrected chi connectivity index (χ3v) is 4.42. The van der Waals surface area contributed by atoms with Crippen LogP contribution in [0.2, 0.25) is 10.0 Å². The van der Waals surface area contributed by atoms with Gasteiger partial charge in [0.2, 0.25) is 0 Å². The van der Waals surface area contributed by atoms with Crippen molar-refractivity contribution in [3.05, 3.63) is 74.0 Å². The molecule has 21 heavy (non-hydrogen) atoms. The molecule has 0 fully saturated rings. The van der Waals surface area contributed by atoms with E-state index in [1.54, 1.807) is 12.3 Å². The second-order valence-electron chi connectivity index (χ2n) is 4.62. The van der Waals surface area contributed by atoms with Crippen LogP contribution in [0.5, 0.6) is 0 Å². The first-order chi connectivity index (χ1) is 10.1. The predicted molar refractivity (Wildman–Crippen MR) is 95.9 cm³/mol. The van der Waals surface area contributed by atoms with E-state index in [9.17, 15) is 0 Å². The van der Waals surface area contributed by atoms with Gasteiger partial charge in [-0.25, -0.2) is 4.98 Å². The number of benzene rings is 2. The lowest BCUT2D eigenvalue weighted by atomic mass is 10.2. The van der Waals surface area contributed by atoms with Crippen LogP contribution in [0.25, 0.3) is 11.4 Å². The Kier molecular flexibility index (Phi) is 4.52. The first-order valence-corrected chi connectivity index (χ1v) is 8.18. The minimum absolute atomic E-state index is 0.639. The van der Waals surface area contributed by atoms with E-state index in [4.69, 9.17) is 23.2 Å². The molecular weight excluding hydrogens is 418 g/mol. The van der Waals surface area contributed by atoms with Crippen molar-refractivity contribution in [2.75, 3.05) is 0 Å². The number of aromatic nitrogens is 2. The lowest BCUT2D eigenvalue weighted by Crippen LogP contribution is -2.02. The van der Waals surface area contributed by atoms with Gasteiger partial charge in [0.05, 0.1) is 6.54 Å². The van der Waals surface area contributed by atoms with E-state index in [0.717, 1.165) is 17.0 Å². The zero-order valence-corrected chi connectivity index (χ0v) is 14.6. The van der Waals surface area contributed by atoms with Crippen LogP contribution < -0.4 is 0 Å². The molecule has 0 saturated carbocycles. The molecule has 0 aliphatic heterocycles. The first-order valence-electron chi connectivity index (χ1n) is 6.34. The molecule has 3 rings (SSSR count). The second kappa shape index (κ2) is 6.38. The van der Waals surface area contributed by atoms with Gasteiger partial charge in [0.15, 0.2) is 0 Å². The van der Waals surface area contributed by atoms with Crippen LogP contribution in [-0.2, 0) is 6.54 Å². The third kappa shape index (κ3) is 3.42. The van der Waals surface area contributed by atoms with Crippen LogP contribution in [-0.4, -0.2) is 9.55 Å². The summed E-state index contributed by atoms with van der Waals surface area (Å²) in [6, 6.07) is 13.8. The molecule has 0 radical (unpaired) electrons. The summed E-state index contributed by atoms with van der Waals surface area (Å²) in [4.78, 5) is 4.46. The topological polar surface area (TPSA) is 17.8 Å². The van der Waals surface area contributed by atoms with Gasteiger partial charge in [-0.3, -0.25) is 0 Å². The van der Waals surface area contributed by atoms with E-state index < -0.39 is 0 Å². The van der Waals surface area contributed by atoms with E-state index in [0.29, 0.717) is 16.6 Å². The minimum atomic E-state index is 0.639. The van der Waals surface area contributed by atoms with E-state index in [1.807, 2.05) is 24.4 Å². The molecule has 106 valence electrons. The van der Waals surface area contributed by atoms with Crippen LogP contribution in [0.3, 0.4) is 0 Å². The molecule has 0 saturated heterocycles. The van der Waals surface area contributed by atoms with Crippen molar-refractivity contribution in [3.63, 3.8) is 0 Å². The van der Waals surface area contributed by atoms with Gasteiger partial charge in [-0.05, 0) is 58.5 Å². The highest BCUT2D eigenvalue weighted by Crippen LogP contribution is 2.25. The minimum Gasteiger partial charge on any atom is -0.327 e. The zero-order chi connectivity index (χ0) is 14.8. The monoisotopic (exact) mass is 428 g/mol. The highest BCUT2D eigenvalue weighted by molar-refractivity contribution is 14.1. The number of imidazole rings is 1. The van der Waals surface area contributed by atoms with Gasteiger partial charge in [0.25, 0.3) is 0 Å². The summed E-state index contributed by atoms with van der Waals surface area (Å²) in [5.41, 5.74) is 2.07. The molecule has 0 N–H and O–H groups in total. The Labute approximate surface area is 146 Å². The average molecular weight is 429 g/mol. The Morgan fingerprint density at radius 2 is 1.95 bits per heavy atom. The molecule has 2 aromatic carbocycles. The van der Waals surface area contributed by atoms with Crippen molar-refractivity contribution in [2.24, 2.45) is 0 Å². The summed E-state index contributed by atoms with van der Waals surface area (Å²) < 4.78 is 3.25. The quantitative estimate of drug-likeness (QED) is 0.503. The average Bonchev–Trinajstić information content (AvgIpc) is 2.91. The molecule has 0 unspecified atom stereocenters. The fraction of sp³-hybridized carbons (Fsp3) is 0.0625. The van der Waals surface area contributed by atoms with E-state index in [-0.39, 0.29) is 0 Å². The maximum Gasteiger partial charge on any atom is 0.140 e. The molecule has 0 aliphatic rings. The van der Waals surface area contributed by atoms with Gasteiger partial charge in [0, 0.05) is 31.6 Å². The van der Waals surface area contributed by atoms with E-state index in [1.165, 1.54) is 3.57 Å². The molecule has 2 nitrogen and oxygen atoms in total. The number of nitrogens with zero attached hydrogens (tertiary/aromatic N) is 2. The van der Waals surface area contributed by atoms with E-state index >= 15 is 0 Å². The maximum absolute atomic E-state index is 6.24. The first kappa shape index (κ1) is 14.9. The Hall–Kier alpha value is -1.04. The fourth-order valence-corrected chi connectivity index (χ4v) is 3.09. The maximum atomic E-state index is 6.24. The highest BCUT2D eigenvalue weighted by Gasteiger charge is 2.09. The molecule has 5 heteroatoms. The van der Waals surface area contributed by atoms with Crippen LogP contribution in [0.1, 0.15) is 5.56 Å². The number of rotatable bonds is 3. The number of halogens is 3. The van der Waals surface area contributed by atoms with Gasteiger partial charge in [-0.2, -0.15) is 0 Å². The normalized spacial score (nSPS) is 10.8. The highest BCUT2D eigenvalue weighted by atomic mass is 127. The standard InChI is InChI=1S/C16H11Cl2IN2/c17-13-4-5-15(18)12(8-13)10-21-7-6-20-16(21)11-2-1-3-14(19)9-11/h1-9H,10H2. The molecule has 1 aromatic heterocycles.